The van der Waals surface area contributed by atoms with Gasteiger partial charge in [0.25, 0.3) is 0 Å². The molecule has 0 aliphatic rings. The molecule has 0 saturated heterocycles. The van der Waals surface area contributed by atoms with Crippen molar-refractivity contribution >= 4 is 23.2 Å². The molecule has 1 unspecified atom stereocenters. The summed E-state index contributed by atoms with van der Waals surface area (Å²) in [5, 5.41) is 10.6. The molecular formula is C27H39N5P+. The van der Waals surface area contributed by atoms with E-state index in [-0.39, 0.29) is 11.0 Å². The van der Waals surface area contributed by atoms with Gasteiger partial charge in [0.1, 0.15) is 35.8 Å². The Morgan fingerprint density at radius 2 is 1.03 bits per heavy atom. The summed E-state index contributed by atoms with van der Waals surface area (Å²) in [5.74, 6) is 0. The second-order valence-electron chi connectivity index (χ2n) is 9.80. The van der Waals surface area contributed by atoms with Crippen LogP contribution in [0.4, 0.5) is 0 Å². The quantitative estimate of drug-likeness (QED) is 0.234. The van der Waals surface area contributed by atoms with E-state index in [4.69, 9.17) is 17.2 Å². The fraction of sp³-hybridized carbons (Fsp3) is 0.333. The Hall–Kier alpha value is -2.11. The molecule has 0 aliphatic carbocycles. The molecule has 0 aliphatic heterocycles. The fourth-order valence-electron chi connectivity index (χ4n) is 4.39. The summed E-state index contributed by atoms with van der Waals surface area (Å²) in [5.41, 5.74) is 17.2. The zero-order chi connectivity index (χ0) is 24.1. The van der Waals surface area contributed by atoms with Crippen LogP contribution in [0.2, 0.25) is 0 Å². The van der Waals surface area contributed by atoms with Crippen LogP contribution in [0.25, 0.3) is 0 Å². The highest BCUT2D eigenvalue weighted by Crippen LogP contribution is 2.60. The number of rotatable bonds is 10. The van der Waals surface area contributed by atoms with E-state index >= 15 is 0 Å². The molecule has 3 aromatic rings. The van der Waals surface area contributed by atoms with Crippen molar-refractivity contribution in [2.45, 2.75) is 45.8 Å². The van der Waals surface area contributed by atoms with Gasteiger partial charge in [0.05, 0.1) is 6.16 Å². The minimum atomic E-state index is -1.99. The van der Waals surface area contributed by atoms with Crippen LogP contribution >= 0.6 is 7.26 Å². The maximum absolute atomic E-state index is 6.28. The van der Waals surface area contributed by atoms with Gasteiger partial charge in [-0.2, -0.15) is 0 Å². The molecule has 1 atom stereocenters. The topological polar surface area (TPSA) is 102 Å². The van der Waals surface area contributed by atoms with Crippen molar-refractivity contribution in [1.82, 2.24) is 10.6 Å². The summed E-state index contributed by atoms with van der Waals surface area (Å²) in [6, 6.07) is 32.8. The molecule has 0 bridgehead atoms. The molecule has 0 radical (unpaired) electrons. The minimum Gasteiger partial charge on any atom is -0.304 e. The largest absolute Gasteiger partial charge is 0.304 e. The monoisotopic (exact) mass is 464 g/mol. The third-order valence-corrected chi connectivity index (χ3v) is 11.6. The smallest absolute Gasteiger partial charge is 0.112 e. The van der Waals surface area contributed by atoms with E-state index in [1.165, 1.54) is 15.9 Å². The molecule has 0 saturated carbocycles. The fourth-order valence-corrected chi connectivity index (χ4v) is 9.46. The Labute approximate surface area is 199 Å². The molecule has 0 aromatic heterocycles. The molecule has 5 nitrogen and oxygen atoms in total. The predicted octanol–water partition coefficient (Wildman–Crippen LogP) is 2.41. The maximum atomic E-state index is 6.28. The van der Waals surface area contributed by atoms with Gasteiger partial charge in [-0.05, 0) is 50.2 Å². The zero-order valence-corrected chi connectivity index (χ0v) is 21.1. The van der Waals surface area contributed by atoms with Crippen molar-refractivity contribution in [1.29, 1.82) is 0 Å². The number of hydrogen-bond donors (Lipinski definition) is 5. The van der Waals surface area contributed by atoms with E-state index in [9.17, 15) is 0 Å². The second-order valence-corrected chi connectivity index (χ2v) is 13.3. The van der Waals surface area contributed by atoms with Crippen LogP contribution in [0.3, 0.4) is 0 Å². The highest BCUT2D eigenvalue weighted by Gasteiger charge is 2.53. The summed E-state index contributed by atoms with van der Waals surface area (Å²) in [7, 11) is -1.99. The summed E-state index contributed by atoms with van der Waals surface area (Å²) < 4.78 is 0. The Morgan fingerprint density at radius 1 is 0.667 bits per heavy atom. The van der Waals surface area contributed by atoms with E-state index in [2.05, 4.69) is 129 Å². The third-order valence-electron chi connectivity index (χ3n) is 6.80. The van der Waals surface area contributed by atoms with Gasteiger partial charge < -0.3 is 17.2 Å². The van der Waals surface area contributed by atoms with Gasteiger partial charge in [-0.3, -0.25) is 10.6 Å². The lowest BCUT2D eigenvalue weighted by Crippen LogP contribution is -2.67. The molecular weight excluding hydrogens is 425 g/mol. The van der Waals surface area contributed by atoms with Crippen LogP contribution in [0.5, 0.6) is 0 Å². The Kier molecular flexibility index (Phi) is 8.07. The van der Waals surface area contributed by atoms with E-state index < -0.39 is 19.8 Å². The maximum Gasteiger partial charge on any atom is 0.112 e. The molecule has 0 amide bonds. The molecule has 0 fully saturated rings. The third kappa shape index (κ3) is 5.70. The van der Waals surface area contributed by atoms with E-state index in [0.717, 1.165) is 6.16 Å². The average Bonchev–Trinajstić information content (AvgIpc) is 2.78. The number of nitrogens with one attached hydrogen (secondary N) is 2. The van der Waals surface area contributed by atoms with Crippen LogP contribution in [0.1, 0.15) is 27.7 Å². The van der Waals surface area contributed by atoms with Gasteiger partial charge in [-0.25, -0.2) is 0 Å². The Bertz CT molecular complexity index is 894. The minimum absolute atomic E-state index is 0.152. The molecule has 8 N–H and O–H groups in total. The molecule has 0 heterocycles. The van der Waals surface area contributed by atoms with Gasteiger partial charge in [-0.15, -0.1) is 0 Å². The molecule has 176 valence electrons. The summed E-state index contributed by atoms with van der Waals surface area (Å²) in [6.07, 6.45) is -0.243. The van der Waals surface area contributed by atoms with Crippen LogP contribution in [-0.2, 0) is 0 Å². The standard InChI is InChI=1S/C27H39N5P/c1-26(2,27(3,4)32-25(30)31-24(28)29)20-33(21-14-8-5-9-15-21,22-16-10-6-11-17-22)23-18-12-7-13-19-23/h5-19,24-25,31-32H,20,28-30H2,1-4H3/q+1. The summed E-state index contributed by atoms with van der Waals surface area (Å²) in [4.78, 5) is 0. The van der Waals surface area contributed by atoms with Crippen molar-refractivity contribution in [3.63, 3.8) is 0 Å². The first-order valence-corrected chi connectivity index (χ1v) is 13.4. The van der Waals surface area contributed by atoms with E-state index in [1.54, 1.807) is 0 Å². The molecule has 3 rings (SSSR count). The van der Waals surface area contributed by atoms with Crippen LogP contribution < -0.4 is 43.7 Å². The van der Waals surface area contributed by atoms with Crippen molar-refractivity contribution in [3.8, 4) is 0 Å². The van der Waals surface area contributed by atoms with Crippen molar-refractivity contribution < 1.29 is 0 Å². The van der Waals surface area contributed by atoms with Crippen LogP contribution in [-0.4, -0.2) is 24.3 Å². The second kappa shape index (κ2) is 10.4. The molecule has 3 aromatic carbocycles. The van der Waals surface area contributed by atoms with Crippen molar-refractivity contribution in [2.24, 2.45) is 22.6 Å². The van der Waals surface area contributed by atoms with Crippen molar-refractivity contribution in [3.05, 3.63) is 91.0 Å². The lowest BCUT2D eigenvalue weighted by molar-refractivity contribution is 0.148. The lowest BCUT2D eigenvalue weighted by Gasteiger charge is -2.46. The van der Waals surface area contributed by atoms with Gasteiger partial charge in [0.15, 0.2) is 0 Å². The molecule has 0 spiro atoms. The van der Waals surface area contributed by atoms with Crippen LogP contribution in [0, 0.1) is 5.41 Å². The lowest BCUT2D eigenvalue weighted by atomic mass is 9.76. The van der Waals surface area contributed by atoms with Gasteiger partial charge in [0, 0.05) is 11.0 Å². The summed E-state index contributed by atoms with van der Waals surface area (Å²) in [6.45, 7) is 9.04. The SMILES string of the molecule is CC(C)(C[P+](c1ccccc1)(c1ccccc1)c1ccccc1)C(C)(C)NC(N)NC(N)N. The number of benzene rings is 3. The van der Waals surface area contributed by atoms with Gasteiger partial charge in [0.2, 0.25) is 0 Å². The first-order chi connectivity index (χ1) is 15.6. The normalized spacial score (nSPS) is 13.8. The molecule has 33 heavy (non-hydrogen) atoms. The Balaban J connectivity index is 2.16. The highest BCUT2D eigenvalue weighted by atomic mass is 31.2. The van der Waals surface area contributed by atoms with Gasteiger partial charge >= 0.3 is 0 Å². The number of hydrogen-bond acceptors (Lipinski definition) is 5. The average molecular weight is 465 g/mol. The van der Waals surface area contributed by atoms with Crippen LogP contribution in [0.15, 0.2) is 91.0 Å². The summed E-state index contributed by atoms with van der Waals surface area (Å²) >= 11 is 0. The van der Waals surface area contributed by atoms with E-state index in [1.807, 2.05) is 0 Å². The van der Waals surface area contributed by atoms with E-state index in [0.29, 0.717) is 0 Å². The zero-order valence-electron chi connectivity index (χ0n) is 20.2. The first kappa shape index (κ1) is 25.5. The first-order valence-electron chi connectivity index (χ1n) is 11.4. The Morgan fingerprint density at radius 3 is 1.36 bits per heavy atom. The van der Waals surface area contributed by atoms with Gasteiger partial charge in [-0.1, -0.05) is 68.4 Å². The predicted molar refractivity (Wildman–Crippen MR) is 144 cm³/mol. The molecule has 6 heteroatoms. The highest BCUT2D eigenvalue weighted by molar-refractivity contribution is 7.95. The van der Waals surface area contributed by atoms with Crippen molar-refractivity contribution in [2.75, 3.05) is 6.16 Å². The number of nitrogens with two attached hydrogens (primary N) is 3.